The van der Waals surface area contributed by atoms with Gasteiger partial charge in [-0.05, 0) is 28.7 Å². The molecule has 0 radical (unpaired) electrons. The van der Waals surface area contributed by atoms with Crippen molar-refractivity contribution < 1.29 is 24.3 Å². The maximum Gasteiger partial charge on any atom is 0.488 e. The lowest BCUT2D eigenvalue weighted by molar-refractivity contribution is 0.107. The van der Waals surface area contributed by atoms with Gasteiger partial charge in [-0.2, -0.15) is 0 Å². The van der Waals surface area contributed by atoms with E-state index in [4.69, 9.17) is 14.2 Å². The summed E-state index contributed by atoms with van der Waals surface area (Å²) >= 11 is 0. The Hall–Kier alpha value is -2.02. The highest BCUT2D eigenvalue weighted by Crippen LogP contribution is 2.32. The van der Waals surface area contributed by atoms with Gasteiger partial charge in [0.15, 0.2) is 11.5 Å². The van der Waals surface area contributed by atoms with Crippen LogP contribution in [0.5, 0.6) is 11.5 Å². The van der Waals surface area contributed by atoms with Crippen LogP contribution < -0.4 is 14.9 Å². The summed E-state index contributed by atoms with van der Waals surface area (Å²) in [6.07, 6.45) is 0. The number of hydrogen-bond donors (Lipinski definition) is 2. The van der Waals surface area contributed by atoms with Crippen LogP contribution in [0, 0.1) is 0 Å². The number of benzene rings is 2. The molecular formula is C15H15BO5. The summed E-state index contributed by atoms with van der Waals surface area (Å²) < 4.78 is 16.2. The van der Waals surface area contributed by atoms with E-state index < -0.39 is 7.12 Å². The lowest BCUT2D eigenvalue weighted by Crippen LogP contribution is -2.33. The maximum absolute atomic E-state index is 9.30. The average molecular weight is 286 g/mol. The summed E-state index contributed by atoms with van der Waals surface area (Å²) in [6, 6.07) is 12.7. The van der Waals surface area contributed by atoms with Crippen LogP contribution in [0.15, 0.2) is 42.5 Å². The third-order valence-electron chi connectivity index (χ3n) is 3.30. The van der Waals surface area contributed by atoms with E-state index in [-0.39, 0.29) is 6.79 Å². The molecule has 0 unspecified atom stereocenters. The van der Waals surface area contributed by atoms with Gasteiger partial charge >= 0.3 is 7.12 Å². The van der Waals surface area contributed by atoms with E-state index >= 15 is 0 Å². The van der Waals surface area contributed by atoms with E-state index in [9.17, 15) is 10.0 Å². The van der Waals surface area contributed by atoms with Gasteiger partial charge in [-0.3, -0.25) is 0 Å². The summed E-state index contributed by atoms with van der Waals surface area (Å²) in [5, 5.41) is 18.6. The number of hydrogen-bond acceptors (Lipinski definition) is 5. The van der Waals surface area contributed by atoms with Crippen molar-refractivity contribution in [3.05, 3.63) is 53.6 Å². The molecule has 2 aromatic rings. The Labute approximate surface area is 122 Å². The second kappa shape index (κ2) is 6.18. The monoisotopic (exact) mass is 286 g/mol. The molecular weight excluding hydrogens is 271 g/mol. The van der Waals surface area contributed by atoms with Crippen LogP contribution in [-0.2, 0) is 18.0 Å². The van der Waals surface area contributed by atoms with Gasteiger partial charge in [-0.1, -0.05) is 30.3 Å². The van der Waals surface area contributed by atoms with E-state index in [0.29, 0.717) is 18.7 Å². The molecule has 0 bridgehead atoms. The maximum atomic E-state index is 9.30. The van der Waals surface area contributed by atoms with Gasteiger partial charge in [0.25, 0.3) is 0 Å². The minimum Gasteiger partial charge on any atom is -0.454 e. The predicted molar refractivity (Wildman–Crippen MR) is 77.3 cm³/mol. The van der Waals surface area contributed by atoms with Gasteiger partial charge in [0.2, 0.25) is 6.79 Å². The van der Waals surface area contributed by atoms with Crippen molar-refractivity contribution in [2.45, 2.75) is 13.2 Å². The minimum atomic E-state index is -1.49. The van der Waals surface area contributed by atoms with Gasteiger partial charge in [-0.25, -0.2) is 0 Å². The van der Waals surface area contributed by atoms with E-state index in [1.807, 2.05) is 30.3 Å². The third-order valence-corrected chi connectivity index (χ3v) is 3.30. The Balaban J connectivity index is 1.61. The highest BCUT2D eigenvalue weighted by Gasteiger charge is 2.16. The quantitative estimate of drug-likeness (QED) is 0.796. The fourth-order valence-electron chi connectivity index (χ4n) is 2.23. The molecule has 2 N–H and O–H groups in total. The van der Waals surface area contributed by atoms with E-state index in [1.165, 1.54) is 0 Å². The summed E-state index contributed by atoms with van der Waals surface area (Å²) in [5.74, 6) is 1.47. The molecule has 0 amide bonds. The Kier molecular flexibility index (Phi) is 4.10. The molecule has 21 heavy (non-hydrogen) atoms. The summed E-state index contributed by atoms with van der Waals surface area (Å²) in [4.78, 5) is 0. The van der Waals surface area contributed by atoms with Crippen LogP contribution in [-0.4, -0.2) is 24.0 Å². The lowest BCUT2D eigenvalue weighted by atomic mass is 9.77. The molecule has 0 saturated carbocycles. The van der Waals surface area contributed by atoms with Crippen LogP contribution >= 0.6 is 0 Å². The Morgan fingerprint density at radius 3 is 2.67 bits per heavy atom. The van der Waals surface area contributed by atoms with Crippen molar-refractivity contribution in [1.29, 1.82) is 0 Å². The van der Waals surface area contributed by atoms with E-state index in [1.54, 1.807) is 12.1 Å². The molecule has 1 aliphatic rings. The molecule has 1 heterocycles. The Morgan fingerprint density at radius 2 is 1.81 bits per heavy atom. The molecule has 108 valence electrons. The minimum absolute atomic E-state index is 0.251. The van der Waals surface area contributed by atoms with Crippen molar-refractivity contribution in [3.63, 3.8) is 0 Å². The molecule has 0 atom stereocenters. The van der Waals surface area contributed by atoms with Crippen LogP contribution in [0.3, 0.4) is 0 Å². The first-order valence-electron chi connectivity index (χ1n) is 6.64. The second-order valence-corrected chi connectivity index (χ2v) is 4.75. The van der Waals surface area contributed by atoms with Gasteiger partial charge in [0, 0.05) is 0 Å². The highest BCUT2D eigenvalue weighted by molar-refractivity contribution is 6.59. The number of rotatable bonds is 5. The third kappa shape index (κ3) is 3.18. The second-order valence-electron chi connectivity index (χ2n) is 4.75. The number of fused-ring (bicyclic) bond motifs is 1. The summed E-state index contributed by atoms with van der Waals surface area (Å²) in [7, 11) is -1.49. The van der Waals surface area contributed by atoms with Crippen molar-refractivity contribution in [1.82, 2.24) is 0 Å². The zero-order valence-electron chi connectivity index (χ0n) is 11.4. The van der Waals surface area contributed by atoms with Crippen molar-refractivity contribution in [2.75, 3.05) is 6.79 Å². The fraction of sp³-hybridized carbons (Fsp3) is 0.200. The first kappa shape index (κ1) is 13.9. The molecule has 6 heteroatoms. The zero-order chi connectivity index (χ0) is 14.7. The molecule has 2 aromatic carbocycles. The molecule has 0 saturated heterocycles. The largest absolute Gasteiger partial charge is 0.488 e. The molecule has 3 rings (SSSR count). The summed E-state index contributed by atoms with van der Waals surface area (Å²) in [6.45, 7) is 0.968. The van der Waals surface area contributed by atoms with Crippen molar-refractivity contribution in [3.8, 4) is 11.5 Å². The van der Waals surface area contributed by atoms with Crippen LogP contribution in [0.2, 0.25) is 0 Å². The first-order valence-corrected chi connectivity index (χ1v) is 6.64. The van der Waals surface area contributed by atoms with Crippen LogP contribution in [0.25, 0.3) is 0 Å². The molecule has 0 spiro atoms. The fourth-order valence-corrected chi connectivity index (χ4v) is 2.23. The smallest absolute Gasteiger partial charge is 0.454 e. The molecule has 0 aliphatic carbocycles. The SMILES string of the molecule is OB(O)c1ccccc1COCc1ccc2c(c1)OCO2. The van der Waals surface area contributed by atoms with Gasteiger partial charge < -0.3 is 24.3 Å². The van der Waals surface area contributed by atoms with Gasteiger partial charge in [-0.15, -0.1) is 0 Å². The molecule has 5 nitrogen and oxygen atoms in total. The highest BCUT2D eigenvalue weighted by atomic mass is 16.7. The van der Waals surface area contributed by atoms with Crippen LogP contribution in [0.4, 0.5) is 0 Å². The predicted octanol–water partition coefficient (Wildman–Crippen LogP) is 0.812. The Morgan fingerprint density at radius 1 is 1.00 bits per heavy atom. The Bertz CT molecular complexity index is 629. The molecule has 0 fully saturated rings. The van der Waals surface area contributed by atoms with E-state index in [0.717, 1.165) is 22.6 Å². The zero-order valence-corrected chi connectivity index (χ0v) is 11.4. The van der Waals surface area contributed by atoms with Crippen molar-refractivity contribution >= 4 is 12.6 Å². The van der Waals surface area contributed by atoms with Gasteiger partial charge in [0.05, 0.1) is 13.2 Å². The van der Waals surface area contributed by atoms with Crippen molar-refractivity contribution in [2.24, 2.45) is 0 Å². The summed E-state index contributed by atoms with van der Waals surface area (Å²) in [5.41, 5.74) is 2.19. The van der Waals surface area contributed by atoms with Crippen LogP contribution in [0.1, 0.15) is 11.1 Å². The lowest BCUT2D eigenvalue weighted by Gasteiger charge is -2.09. The normalized spacial score (nSPS) is 12.5. The van der Waals surface area contributed by atoms with E-state index in [2.05, 4.69) is 0 Å². The standard InChI is InChI=1S/C15H15BO5/c17-16(18)13-4-2-1-3-12(13)9-19-8-11-5-6-14-15(7-11)21-10-20-14/h1-7,17-18H,8-10H2. The molecule has 1 aliphatic heterocycles. The topological polar surface area (TPSA) is 68.2 Å². The first-order chi connectivity index (χ1) is 10.2. The average Bonchev–Trinajstić information content (AvgIpc) is 2.95. The molecule has 0 aromatic heterocycles. The van der Waals surface area contributed by atoms with Gasteiger partial charge in [0.1, 0.15) is 0 Å². The number of ether oxygens (including phenoxy) is 3.